The van der Waals surface area contributed by atoms with Crippen LogP contribution in [0.25, 0.3) is 0 Å². The molecule has 0 saturated heterocycles. The van der Waals surface area contributed by atoms with E-state index in [0.29, 0.717) is 41.6 Å². The summed E-state index contributed by atoms with van der Waals surface area (Å²) >= 11 is 0. The Hall–Kier alpha value is -1.16. The van der Waals surface area contributed by atoms with Crippen molar-refractivity contribution in [3.8, 4) is 0 Å². The van der Waals surface area contributed by atoms with Crippen LogP contribution in [0.2, 0.25) is 0 Å². The topological polar surface area (TPSA) is 60.7 Å². The Morgan fingerprint density at radius 2 is 1.71 bits per heavy atom. The molecule has 3 aliphatic rings. The molecule has 3 nitrogen and oxygen atoms in total. The van der Waals surface area contributed by atoms with Crippen molar-refractivity contribution < 1.29 is 15.3 Å². The Morgan fingerprint density at radius 3 is 2.32 bits per heavy atom. The second kappa shape index (κ2) is 9.37. The van der Waals surface area contributed by atoms with E-state index in [9.17, 15) is 15.3 Å². The van der Waals surface area contributed by atoms with E-state index < -0.39 is 17.8 Å². The molecular formula is C28H44O3. The fourth-order valence-corrected chi connectivity index (χ4v) is 6.28. The van der Waals surface area contributed by atoms with Gasteiger partial charge in [0.25, 0.3) is 0 Å². The third-order valence-electron chi connectivity index (χ3n) is 8.79. The third-order valence-corrected chi connectivity index (χ3v) is 8.79. The zero-order chi connectivity index (χ0) is 23.0. The molecule has 3 saturated carbocycles. The highest BCUT2D eigenvalue weighted by Crippen LogP contribution is 2.59. The summed E-state index contributed by atoms with van der Waals surface area (Å²) in [6, 6.07) is 0. The molecule has 3 fully saturated rings. The van der Waals surface area contributed by atoms with Crippen molar-refractivity contribution >= 4 is 0 Å². The van der Waals surface area contributed by atoms with Crippen molar-refractivity contribution in [2.45, 2.75) is 97.4 Å². The van der Waals surface area contributed by atoms with Crippen LogP contribution in [0.4, 0.5) is 0 Å². The zero-order valence-corrected chi connectivity index (χ0v) is 20.3. The summed E-state index contributed by atoms with van der Waals surface area (Å²) in [6.45, 7) is 14.5. The van der Waals surface area contributed by atoms with E-state index >= 15 is 0 Å². The highest BCUT2D eigenvalue weighted by molar-refractivity contribution is 5.29. The lowest BCUT2D eigenvalue weighted by Gasteiger charge is -2.44. The van der Waals surface area contributed by atoms with Gasteiger partial charge in [-0.3, -0.25) is 0 Å². The van der Waals surface area contributed by atoms with Gasteiger partial charge in [-0.1, -0.05) is 62.8 Å². The second-order valence-electron chi connectivity index (χ2n) is 11.4. The summed E-state index contributed by atoms with van der Waals surface area (Å²) in [6.07, 6.45) is 15.1. The predicted octanol–water partition coefficient (Wildman–Crippen LogP) is 5.73. The summed E-state index contributed by atoms with van der Waals surface area (Å²) < 4.78 is 0. The van der Waals surface area contributed by atoms with Crippen molar-refractivity contribution in [2.75, 3.05) is 0 Å². The summed E-state index contributed by atoms with van der Waals surface area (Å²) in [5.74, 6) is 1.94. The lowest BCUT2D eigenvalue weighted by molar-refractivity contribution is 0.0436. The van der Waals surface area contributed by atoms with Crippen LogP contribution in [0.3, 0.4) is 0 Å². The van der Waals surface area contributed by atoms with Crippen LogP contribution < -0.4 is 0 Å². The van der Waals surface area contributed by atoms with Crippen molar-refractivity contribution in [2.24, 2.45) is 29.1 Å². The van der Waals surface area contributed by atoms with E-state index in [4.69, 9.17) is 0 Å². The zero-order valence-electron chi connectivity index (χ0n) is 20.3. The van der Waals surface area contributed by atoms with Crippen LogP contribution >= 0.6 is 0 Å². The molecule has 0 aromatic heterocycles. The molecule has 0 spiro atoms. The molecule has 174 valence electrons. The maximum atomic E-state index is 10.3. The van der Waals surface area contributed by atoms with Gasteiger partial charge in [0.05, 0.1) is 17.8 Å². The number of hydrogen-bond acceptors (Lipinski definition) is 3. The van der Waals surface area contributed by atoms with Gasteiger partial charge in [0, 0.05) is 5.92 Å². The van der Waals surface area contributed by atoms with Gasteiger partial charge < -0.3 is 15.3 Å². The molecule has 3 N–H and O–H groups in total. The number of hydrogen-bond donors (Lipinski definition) is 3. The molecule has 0 radical (unpaired) electrons. The standard InChI is InChI=1S/C28H44O3/c1-18(9-10-19(2)27(4,5)31)23-13-14-24-22(8-7-15-28(23,24)6)12-11-21-16-25(29)20(3)26(30)17-21/h9-12,18-19,23-26,29-31H,3,7-8,13-17H2,1-2,4-6H3/b10-9+,22-12+/t18-,19-,23?,24-,25+,26+,28+/m0/s1. The van der Waals surface area contributed by atoms with Gasteiger partial charge >= 0.3 is 0 Å². The highest BCUT2D eigenvalue weighted by Gasteiger charge is 2.50. The maximum absolute atomic E-state index is 10.3. The van der Waals surface area contributed by atoms with E-state index in [0.717, 1.165) is 12.0 Å². The fourth-order valence-electron chi connectivity index (χ4n) is 6.28. The van der Waals surface area contributed by atoms with Crippen molar-refractivity contribution in [3.63, 3.8) is 0 Å². The first-order chi connectivity index (χ1) is 14.4. The SMILES string of the molecule is C=C1[C@H](O)CC(=C/C=C2\CCC[C@]3(C)C([C@@H](C)/C=C/[C@H](C)C(C)(C)O)CC[C@@H]23)C[C@H]1O. The van der Waals surface area contributed by atoms with Crippen molar-refractivity contribution in [1.29, 1.82) is 0 Å². The summed E-state index contributed by atoms with van der Waals surface area (Å²) in [5.41, 5.74) is 2.87. The van der Waals surface area contributed by atoms with Crippen LogP contribution in [0.1, 0.15) is 79.6 Å². The normalized spacial score (nSPS) is 37.9. The summed E-state index contributed by atoms with van der Waals surface area (Å²) in [4.78, 5) is 0. The van der Waals surface area contributed by atoms with Gasteiger partial charge in [-0.15, -0.1) is 0 Å². The van der Waals surface area contributed by atoms with E-state index in [-0.39, 0.29) is 5.92 Å². The summed E-state index contributed by atoms with van der Waals surface area (Å²) in [5, 5.41) is 30.5. The Balaban J connectivity index is 1.73. The van der Waals surface area contributed by atoms with E-state index in [1.165, 1.54) is 25.7 Å². The van der Waals surface area contributed by atoms with Crippen LogP contribution in [0.5, 0.6) is 0 Å². The molecule has 3 aliphatic carbocycles. The minimum Gasteiger partial charge on any atom is -0.390 e. The predicted molar refractivity (Wildman–Crippen MR) is 128 cm³/mol. The van der Waals surface area contributed by atoms with Gasteiger partial charge in [-0.25, -0.2) is 0 Å². The molecule has 3 heteroatoms. The van der Waals surface area contributed by atoms with Gasteiger partial charge in [-0.05, 0) is 87.5 Å². The minimum absolute atomic E-state index is 0.144. The van der Waals surface area contributed by atoms with Crippen LogP contribution in [0, 0.1) is 29.1 Å². The first kappa shape index (κ1) is 24.5. The molecule has 0 heterocycles. The van der Waals surface area contributed by atoms with Crippen LogP contribution in [-0.2, 0) is 0 Å². The van der Waals surface area contributed by atoms with Crippen LogP contribution in [-0.4, -0.2) is 33.1 Å². The van der Waals surface area contributed by atoms with Crippen LogP contribution in [0.15, 0.2) is 47.6 Å². The highest BCUT2D eigenvalue weighted by atomic mass is 16.3. The molecule has 1 unspecified atom stereocenters. The molecule has 31 heavy (non-hydrogen) atoms. The lowest BCUT2D eigenvalue weighted by atomic mass is 9.61. The molecular weight excluding hydrogens is 384 g/mol. The lowest BCUT2D eigenvalue weighted by Crippen LogP contribution is -2.35. The largest absolute Gasteiger partial charge is 0.390 e. The quantitative estimate of drug-likeness (QED) is 0.490. The Bertz CT molecular complexity index is 737. The molecule has 0 aliphatic heterocycles. The van der Waals surface area contributed by atoms with Gasteiger partial charge in [-0.2, -0.15) is 0 Å². The minimum atomic E-state index is -0.681. The maximum Gasteiger partial charge on any atom is 0.0809 e. The number of rotatable bonds is 5. The number of allylic oxidation sites excluding steroid dienone is 4. The average molecular weight is 429 g/mol. The van der Waals surface area contributed by atoms with Crippen molar-refractivity contribution in [1.82, 2.24) is 0 Å². The molecule has 7 atom stereocenters. The van der Waals surface area contributed by atoms with E-state index in [1.54, 1.807) is 5.57 Å². The first-order valence-corrected chi connectivity index (χ1v) is 12.3. The molecule has 0 bridgehead atoms. The van der Waals surface area contributed by atoms with Crippen molar-refractivity contribution in [3.05, 3.63) is 47.6 Å². The molecule has 0 aromatic carbocycles. The Morgan fingerprint density at radius 1 is 1.06 bits per heavy atom. The molecule has 0 amide bonds. The van der Waals surface area contributed by atoms with Gasteiger partial charge in [0.15, 0.2) is 0 Å². The molecule has 3 rings (SSSR count). The monoisotopic (exact) mass is 428 g/mol. The third kappa shape index (κ3) is 5.26. The van der Waals surface area contributed by atoms with Gasteiger partial charge in [0.1, 0.15) is 0 Å². The van der Waals surface area contributed by atoms with E-state index in [2.05, 4.69) is 51.7 Å². The number of aliphatic hydroxyl groups is 3. The fraction of sp³-hybridized carbons (Fsp3) is 0.714. The smallest absolute Gasteiger partial charge is 0.0809 e. The van der Waals surface area contributed by atoms with Gasteiger partial charge in [0.2, 0.25) is 0 Å². The Labute approximate surface area is 189 Å². The average Bonchev–Trinajstić information content (AvgIpc) is 3.05. The number of fused-ring (bicyclic) bond motifs is 1. The van der Waals surface area contributed by atoms with E-state index in [1.807, 2.05) is 13.8 Å². The Kier molecular flexibility index (Phi) is 7.40. The molecule has 0 aromatic rings. The number of aliphatic hydroxyl groups excluding tert-OH is 2. The summed E-state index contributed by atoms with van der Waals surface area (Å²) in [7, 11) is 0. The second-order valence-corrected chi connectivity index (χ2v) is 11.4. The first-order valence-electron chi connectivity index (χ1n) is 12.3.